The molecule has 0 unspecified atom stereocenters. The number of carbonyl (C=O) groups excluding carboxylic acids is 2. The van der Waals surface area contributed by atoms with Crippen LogP contribution in [0.4, 0.5) is 10.9 Å². The first-order valence-corrected chi connectivity index (χ1v) is 6.11. The van der Waals surface area contributed by atoms with E-state index in [1.165, 1.54) is 0 Å². The van der Waals surface area contributed by atoms with Crippen molar-refractivity contribution in [3.63, 3.8) is 0 Å². The molecule has 0 saturated heterocycles. The predicted octanol–water partition coefficient (Wildman–Crippen LogP) is 0.151. The van der Waals surface area contributed by atoms with Crippen molar-refractivity contribution in [3.05, 3.63) is 4.88 Å². The summed E-state index contributed by atoms with van der Waals surface area (Å²) in [5.41, 5.74) is 10.0. The lowest BCUT2D eigenvalue weighted by molar-refractivity contribution is -0.119. The van der Waals surface area contributed by atoms with E-state index >= 15 is 0 Å². The van der Waals surface area contributed by atoms with Crippen LogP contribution in [-0.2, 0) is 4.79 Å². The van der Waals surface area contributed by atoms with Crippen molar-refractivity contribution in [2.24, 2.45) is 5.73 Å². The molecule has 0 spiro atoms. The Hall–Kier alpha value is -1.83. The molecule has 0 radical (unpaired) electrons. The van der Waals surface area contributed by atoms with Gasteiger partial charge in [0.1, 0.15) is 10.7 Å². The summed E-state index contributed by atoms with van der Waals surface area (Å²) in [7, 11) is 1.69. The van der Waals surface area contributed by atoms with E-state index in [1.54, 1.807) is 20.9 Å². The van der Waals surface area contributed by atoms with E-state index in [2.05, 4.69) is 15.6 Å². The summed E-state index contributed by atoms with van der Waals surface area (Å²) < 4.78 is 0. The van der Waals surface area contributed by atoms with Gasteiger partial charge in [0.25, 0.3) is 5.91 Å². The predicted molar refractivity (Wildman–Crippen MR) is 71.4 cm³/mol. The van der Waals surface area contributed by atoms with Gasteiger partial charge in [-0.3, -0.25) is 9.59 Å². The lowest BCUT2D eigenvalue weighted by Crippen LogP contribution is -2.45. The van der Waals surface area contributed by atoms with Crippen LogP contribution < -0.4 is 22.1 Å². The number of thiazole rings is 1. The van der Waals surface area contributed by atoms with E-state index in [0.717, 1.165) is 11.3 Å². The third-order valence-electron chi connectivity index (χ3n) is 2.14. The molecule has 0 fully saturated rings. The van der Waals surface area contributed by atoms with Gasteiger partial charge in [-0.05, 0) is 13.8 Å². The second-order valence-corrected chi connectivity index (χ2v) is 5.46. The first kappa shape index (κ1) is 14.2. The van der Waals surface area contributed by atoms with Gasteiger partial charge in [0, 0.05) is 19.0 Å². The van der Waals surface area contributed by atoms with E-state index < -0.39 is 11.4 Å². The molecule has 1 rings (SSSR count). The van der Waals surface area contributed by atoms with Crippen LogP contribution in [0.25, 0.3) is 0 Å². The quantitative estimate of drug-likeness (QED) is 0.607. The van der Waals surface area contributed by atoms with Gasteiger partial charge in [-0.15, -0.1) is 0 Å². The highest BCUT2D eigenvalue weighted by atomic mass is 32.1. The summed E-state index contributed by atoms with van der Waals surface area (Å²) in [5.74, 6) is -0.678. The zero-order valence-corrected chi connectivity index (χ0v) is 11.4. The molecular weight excluding hydrogens is 254 g/mol. The Kier molecular flexibility index (Phi) is 4.12. The third kappa shape index (κ3) is 3.59. The number of hydrogen-bond donors (Lipinski definition) is 4. The molecule has 0 aromatic carbocycles. The molecule has 100 valence electrons. The van der Waals surface area contributed by atoms with Crippen LogP contribution in [0.2, 0.25) is 0 Å². The minimum absolute atomic E-state index is 0.0519. The molecule has 18 heavy (non-hydrogen) atoms. The fourth-order valence-electron chi connectivity index (χ4n) is 1.45. The van der Waals surface area contributed by atoms with Gasteiger partial charge in [-0.1, -0.05) is 11.3 Å². The van der Waals surface area contributed by atoms with Crippen molar-refractivity contribution in [1.29, 1.82) is 0 Å². The minimum Gasteiger partial charge on any atom is -0.382 e. The summed E-state index contributed by atoms with van der Waals surface area (Å²) >= 11 is 1.15. The molecule has 0 atom stereocenters. The standard InChI is InChI=1S/C10H17N5O2S/c1-10(2,4-5(11)16)15-8(17)6-7(12)14-9(13-3)18-6/h4,12H2,1-3H3,(H2,11,16)(H,13,14)(H,15,17). The van der Waals surface area contributed by atoms with Crippen molar-refractivity contribution >= 4 is 34.1 Å². The van der Waals surface area contributed by atoms with Gasteiger partial charge < -0.3 is 22.1 Å². The monoisotopic (exact) mass is 271 g/mol. The zero-order chi connectivity index (χ0) is 13.9. The Labute approximate surface area is 109 Å². The van der Waals surface area contributed by atoms with Gasteiger partial charge in [-0.25, -0.2) is 4.98 Å². The fraction of sp³-hybridized carbons (Fsp3) is 0.500. The number of hydrogen-bond acceptors (Lipinski definition) is 6. The molecule has 1 aromatic rings. The number of nitrogens with one attached hydrogen (secondary N) is 2. The van der Waals surface area contributed by atoms with Crippen LogP contribution in [0, 0.1) is 0 Å². The Balaban J connectivity index is 2.81. The van der Waals surface area contributed by atoms with E-state index in [9.17, 15) is 9.59 Å². The van der Waals surface area contributed by atoms with Crippen molar-refractivity contribution in [1.82, 2.24) is 10.3 Å². The van der Waals surface area contributed by atoms with E-state index in [4.69, 9.17) is 11.5 Å². The molecular formula is C10H17N5O2S. The first-order valence-electron chi connectivity index (χ1n) is 5.30. The smallest absolute Gasteiger partial charge is 0.265 e. The second kappa shape index (κ2) is 5.21. The van der Waals surface area contributed by atoms with Crippen LogP contribution in [0.15, 0.2) is 0 Å². The Bertz CT molecular complexity index is 469. The van der Waals surface area contributed by atoms with Crippen molar-refractivity contribution in [2.75, 3.05) is 18.1 Å². The normalized spacial score (nSPS) is 11.1. The SMILES string of the molecule is CNc1nc(N)c(C(=O)NC(C)(C)CC(N)=O)s1. The molecule has 0 saturated carbocycles. The Morgan fingerprint density at radius 2 is 2.06 bits per heavy atom. The summed E-state index contributed by atoms with van der Waals surface area (Å²) in [5, 5.41) is 6.08. The molecule has 8 heteroatoms. The van der Waals surface area contributed by atoms with E-state index in [0.29, 0.717) is 10.0 Å². The fourth-order valence-corrected chi connectivity index (χ4v) is 2.18. The molecule has 2 amide bonds. The van der Waals surface area contributed by atoms with Gasteiger partial charge in [-0.2, -0.15) is 0 Å². The number of nitrogens with two attached hydrogens (primary N) is 2. The van der Waals surface area contributed by atoms with Crippen molar-refractivity contribution in [2.45, 2.75) is 25.8 Å². The highest BCUT2D eigenvalue weighted by molar-refractivity contribution is 7.18. The summed E-state index contributed by atoms with van der Waals surface area (Å²) in [6.07, 6.45) is 0.0519. The van der Waals surface area contributed by atoms with Crippen LogP contribution >= 0.6 is 11.3 Å². The van der Waals surface area contributed by atoms with Crippen LogP contribution in [-0.4, -0.2) is 29.4 Å². The minimum atomic E-state index is -0.723. The first-order chi connectivity index (χ1) is 8.25. The maximum atomic E-state index is 12.0. The summed E-state index contributed by atoms with van der Waals surface area (Å²) in [4.78, 5) is 27.2. The van der Waals surface area contributed by atoms with Crippen molar-refractivity contribution < 1.29 is 9.59 Å². The van der Waals surface area contributed by atoms with E-state index in [1.807, 2.05) is 0 Å². The third-order valence-corrected chi connectivity index (χ3v) is 3.23. The molecule has 1 heterocycles. The highest BCUT2D eigenvalue weighted by Crippen LogP contribution is 2.25. The van der Waals surface area contributed by atoms with Gasteiger partial charge in [0.05, 0.1) is 0 Å². The summed E-state index contributed by atoms with van der Waals surface area (Å²) in [6, 6.07) is 0. The number of anilines is 2. The van der Waals surface area contributed by atoms with Gasteiger partial charge in [0.15, 0.2) is 5.13 Å². The molecule has 0 aliphatic heterocycles. The highest BCUT2D eigenvalue weighted by Gasteiger charge is 2.26. The molecule has 6 N–H and O–H groups in total. The van der Waals surface area contributed by atoms with Crippen LogP contribution in [0.1, 0.15) is 29.9 Å². The number of rotatable bonds is 5. The number of nitrogen functional groups attached to an aromatic ring is 1. The average Bonchev–Trinajstić information content (AvgIpc) is 2.56. The molecule has 1 aromatic heterocycles. The summed E-state index contributed by atoms with van der Waals surface area (Å²) in [6.45, 7) is 3.43. The zero-order valence-electron chi connectivity index (χ0n) is 10.5. The molecule has 0 aliphatic carbocycles. The van der Waals surface area contributed by atoms with E-state index in [-0.39, 0.29) is 18.1 Å². The molecule has 0 bridgehead atoms. The topological polar surface area (TPSA) is 123 Å². The van der Waals surface area contributed by atoms with Crippen LogP contribution in [0.5, 0.6) is 0 Å². The number of aromatic nitrogens is 1. The number of amides is 2. The molecule has 7 nitrogen and oxygen atoms in total. The largest absolute Gasteiger partial charge is 0.382 e. The van der Waals surface area contributed by atoms with Crippen LogP contribution in [0.3, 0.4) is 0 Å². The maximum Gasteiger partial charge on any atom is 0.265 e. The Morgan fingerprint density at radius 3 is 2.50 bits per heavy atom. The maximum absolute atomic E-state index is 12.0. The average molecular weight is 271 g/mol. The number of primary amides is 1. The van der Waals surface area contributed by atoms with Gasteiger partial charge >= 0.3 is 0 Å². The van der Waals surface area contributed by atoms with Gasteiger partial charge in [0.2, 0.25) is 5.91 Å². The lowest BCUT2D eigenvalue weighted by atomic mass is 10.0. The molecule has 0 aliphatic rings. The second-order valence-electron chi connectivity index (χ2n) is 4.46. The Morgan fingerprint density at radius 1 is 1.44 bits per heavy atom. The number of nitrogens with zero attached hydrogens (tertiary/aromatic N) is 1. The number of carbonyl (C=O) groups is 2. The lowest BCUT2D eigenvalue weighted by Gasteiger charge is -2.24. The van der Waals surface area contributed by atoms with Crippen molar-refractivity contribution in [3.8, 4) is 0 Å².